The first-order valence-corrected chi connectivity index (χ1v) is 7.97. The lowest BCUT2D eigenvalue weighted by Gasteiger charge is -2.31. The summed E-state index contributed by atoms with van der Waals surface area (Å²) in [6.07, 6.45) is 3.52. The zero-order chi connectivity index (χ0) is 13.7. The van der Waals surface area contributed by atoms with Crippen molar-refractivity contribution in [3.63, 3.8) is 0 Å². The van der Waals surface area contributed by atoms with Crippen LogP contribution in [0.4, 0.5) is 0 Å². The monoisotopic (exact) mass is 287 g/mol. The lowest BCUT2D eigenvalue weighted by atomic mass is 10.00. The van der Waals surface area contributed by atoms with Crippen molar-refractivity contribution in [3.05, 3.63) is 24.2 Å². The lowest BCUT2D eigenvalue weighted by molar-refractivity contribution is 0.260. The zero-order valence-electron chi connectivity index (χ0n) is 11.1. The minimum atomic E-state index is -3.42. The Kier molecular flexibility index (Phi) is 4.98. The molecule has 0 amide bonds. The van der Waals surface area contributed by atoms with Gasteiger partial charge in [0.05, 0.1) is 12.8 Å². The molecule has 1 saturated heterocycles. The Morgan fingerprint density at radius 1 is 1.53 bits per heavy atom. The number of hydrogen-bond donors (Lipinski definition) is 2. The summed E-state index contributed by atoms with van der Waals surface area (Å²) in [5, 5.41) is 3.11. The van der Waals surface area contributed by atoms with Crippen molar-refractivity contribution in [2.75, 3.05) is 26.7 Å². The van der Waals surface area contributed by atoms with Gasteiger partial charge < -0.3 is 9.73 Å². The summed E-state index contributed by atoms with van der Waals surface area (Å²) in [4.78, 5) is 0. The van der Waals surface area contributed by atoms with Gasteiger partial charge in [0.15, 0.2) is 0 Å². The summed E-state index contributed by atoms with van der Waals surface area (Å²) in [5.41, 5.74) is 0. The molecule has 0 saturated carbocycles. The predicted octanol–water partition coefficient (Wildman–Crippen LogP) is 0.545. The van der Waals surface area contributed by atoms with E-state index < -0.39 is 10.2 Å². The first-order valence-electron chi connectivity index (χ1n) is 6.53. The van der Waals surface area contributed by atoms with Crippen LogP contribution in [0.25, 0.3) is 0 Å². The highest BCUT2D eigenvalue weighted by Gasteiger charge is 2.28. The van der Waals surface area contributed by atoms with Crippen LogP contribution < -0.4 is 10.0 Å². The molecule has 0 radical (unpaired) electrons. The van der Waals surface area contributed by atoms with Crippen LogP contribution in [0.15, 0.2) is 22.8 Å². The summed E-state index contributed by atoms with van der Waals surface area (Å²) in [6, 6.07) is 3.50. The van der Waals surface area contributed by atoms with Crippen LogP contribution in [0.1, 0.15) is 18.6 Å². The van der Waals surface area contributed by atoms with Gasteiger partial charge in [-0.05, 0) is 44.5 Å². The summed E-state index contributed by atoms with van der Waals surface area (Å²) in [6.45, 7) is 2.22. The topological polar surface area (TPSA) is 74.6 Å². The number of piperidine rings is 1. The van der Waals surface area contributed by atoms with E-state index in [9.17, 15) is 8.42 Å². The van der Waals surface area contributed by atoms with Gasteiger partial charge in [0.1, 0.15) is 5.76 Å². The largest absolute Gasteiger partial charge is 0.468 e. The molecule has 2 heterocycles. The first kappa shape index (κ1) is 14.5. The van der Waals surface area contributed by atoms with Crippen molar-refractivity contribution in [2.24, 2.45) is 5.92 Å². The van der Waals surface area contributed by atoms with Crippen molar-refractivity contribution >= 4 is 10.2 Å². The lowest BCUT2D eigenvalue weighted by Crippen LogP contribution is -2.47. The number of rotatable bonds is 6. The highest BCUT2D eigenvalue weighted by molar-refractivity contribution is 7.87. The molecule has 0 aromatic carbocycles. The van der Waals surface area contributed by atoms with Crippen LogP contribution in [0, 0.1) is 5.92 Å². The van der Waals surface area contributed by atoms with Gasteiger partial charge in [0, 0.05) is 13.1 Å². The van der Waals surface area contributed by atoms with Gasteiger partial charge in [-0.3, -0.25) is 0 Å². The zero-order valence-corrected chi connectivity index (χ0v) is 11.9. The molecule has 2 N–H and O–H groups in total. The Hall–Kier alpha value is -0.890. The maximum absolute atomic E-state index is 12.2. The molecule has 1 fully saturated rings. The van der Waals surface area contributed by atoms with Crippen molar-refractivity contribution in [1.82, 2.24) is 14.3 Å². The predicted molar refractivity (Wildman–Crippen MR) is 72.7 cm³/mol. The summed E-state index contributed by atoms with van der Waals surface area (Å²) < 4.78 is 33.6. The minimum absolute atomic E-state index is 0.197. The first-order chi connectivity index (χ1) is 9.12. The highest BCUT2D eigenvalue weighted by Crippen LogP contribution is 2.18. The van der Waals surface area contributed by atoms with Crippen LogP contribution in [-0.4, -0.2) is 39.4 Å². The third-order valence-corrected chi connectivity index (χ3v) is 4.84. The van der Waals surface area contributed by atoms with Crippen LogP contribution >= 0.6 is 0 Å². The van der Waals surface area contributed by atoms with Crippen LogP contribution in [0.2, 0.25) is 0 Å². The fourth-order valence-corrected chi connectivity index (χ4v) is 3.65. The van der Waals surface area contributed by atoms with E-state index in [2.05, 4.69) is 10.0 Å². The van der Waals surface area contributed by atoms with E-state index in [0.717, 1.165) is 19.4 Å². The van der Waals surface area contributed by atoms with Crippen LogP contribution in [0.5, 0.6) is 0 Å². The van der Waals surface area contributed by atoms with Crippen LogP contribution in [0.3, 0.4) is 0 Å². The maximum atomic E-state index is 12.2. The molecular formula is C12H21N3O3S. The Labute approximate surface area is 114 Å². The molecule has 0 aliphatic carbocycles. The Morgan fingerprint density at radius 2 is 2.37 bits per heavy atom. The molecule has 1 aliphatic rings. The van der Waals surface area contributed by atoms with E-state index in [-0.39, 0.29) is 6.54 Å². The van der Waals surface area contributed by atoms with Gasteiger partial charge in [-0.15, -0.1) is 0 Å². The quantitative estimate of drug-likeness (QED) is 0.801. The standard InChI is InChI=1S/C12H21N3O3S/c1-13-8-11-4-2-6-15(10-11)19(16,17)14-9-12-5-3-7-18-12/h3,5,7,11,13-14H,2,4,6,8-10H2,1H3. The van der Waals surface area contributed by atoms with Gasteiger partial charge in [-0.1, -0.05) is 0 Å². The normalized spacial score (nSPS) is 21.6. The average molecular weight is 287 g/mol. The number of hydrogen-bond acceptors (Lipinski definition) is 4. The van der Waals surface area contributed by atoms with E-state index in [0.29, 0.717) is 24.8 Å². The Balaban J connectivity index is 1.91. The molecule has 2 rings (SSSR count). The second-order valence-electron chi connectivity index (χ2n) is 4.83. The van der Waals surface area contributed by atoms with Crippen molar-refractivity contribution in [1.29, 1.82) is 0 Å². The third-order valence-electron chi connectivity index (χ3n) is 3.32. The molecule has 0 spiro atoms. The highest BCUT2D eigenvalue weighted by atomic mass is 32.2. The fraction of sp³-hybridized carbons (Fsp3) is 0.667. The second kappa shape index (κ2) is 6.51. The van der Waals surface area contributed by atoms with Gasteiger partial charge in [-0.25, -0.2) is 0 Å². The van der Waals surface area contributed by atoms with Crippen molar-refractivity contribution < 1.29 is 12.8 Å². The average Bonchev–Trinajstić information content (AvgIpc) is 2.90. The molecule has 19 heavy (non-hydrogen) atoms. The van der Waals surface area contributed by atoms with E-state index in [4.69, 9.17) is 4.42 Å². The maximum Gasteiger partial charge on any atom is 0.279 e. The van der Waals surface area contributed by atoms with Crippen LogP contribution in [-0.2, 0) is 16.8 Å². The third kappa shape index (κ3) is 4.04. The molecule has 1 atom stereocenters. The van der Waals surface area contributed by atoms with E-state index in [1.807, 2.05) is 7.05 Å². The second-order valence-corrected chi connectivity index (χ2v) is 6.58. The van der Waals surface area contributed by atoms with Gasteiger partial charge >= 0.3 is 0 Å². The summed E-state index contributed by atoms with van der Waals surface area (Å²) >= 11 is 0. The number of furan rings is 1. The molecule has 7 heteroatoms. The smallest absolute Gasteiger partial charge is 0.279 e. The van der Waals surface area contributed by atoms with Gasteiger partial charge in [-0.2, -0.15) is 17.4 Å². The molecule has 6 nitrogen and oxygen atoms in total. The summed E-state index contributed by atoms with van der Waals surface area (Å²) in [5.74, 6) is 1.01. The molecule has 1 aromatic rings. The minimum Gasteiger partial charge on any atom is -0.468 e. The Morgan fingerprint density at radius 3 is 3.05 bits per heavy atom. The van der Waals surface area contributed by atoms with E-state index >= 15 is 0 Å². The van der Waals surface area contributed by atoms with E-state index in [1.54, 1.807) is 12.1 Å². The van der Waals surface area contributed by atoms with Crippen molar-refractivity contribution in [2.45, 2.75) is 19.4 Å². The van der Waals surface area contributed by atoms with E-state index in [1.165, 1.54) is 10.6 Å². The van der Waals surface area contributed by atoms with Crippen molar-refractivity contribution in [3.8, 4) is 0 Å². The molecule has 0 bridgehead atoms. The molecule has 1 aliphatic heterocycles. The molecule has 1 unspecified atom stereocenters. The summed E-state index contributed by atoms with van der Waals surface area (Å²) in [7, 11) is -1.52. The van der Waals surface area contributed by atoms with Gasteiger partial charge in [0.2, 0.25) is 0 Å². The SMILES string of the molecule is CNCC1CCCN(S(=O)(=O)NCc2ccco2)C1. The molecule has 1 aromatic heterocycles. The fourth-order valence-electron chi connectivity index (χ4n) is 2.37. The number of nitrogens with zero attached hydrogens (tertiary/aromatic N) is 1. The Bertz CT molecular complexity index is 470. The number of nitrogens with one attached hydrogen (secondary N) is 2. The van der Waals surface area contributed by atoms with Gasteiger partial charge in [0.25, 0.3) is 10.2 Å². The molecule has 108 valence electrons. The molecular weight excluding hydrogens is 266 g/mol.